The van der Waals surface area contributed by atoms with Crippen LogP contribution in [0.4, 0.5) is 13.2 Å². The summed E-state index contributed by atoms with van der Waals surface area (Å²) in [5, 5.41) is 7.60. The van der Waals surface area contributed by atoms with E-state index in [1.54, 1.807) is 32.4 Å². The predicted octanol–water partition coefficient (Wildman–Crippen LogP) is 3.41. The normalized spacial score (nSPS) is 20.6. The number of nitrogens with zero attached hydrogens (tertiary/aromatic N) is 2. The van der Waals surface area contributed by atoms with Crippen molar-refractivity contribution >= 4 is 23.5 Å². The number of carboxylic acids is 1. The number of methoxy groups -OCH3 is 2. The van der Waals surface area contributed by atoms with Crippen molar-refractivity contribution in [3.63, 3.8) is 0 Å². The fraction of sp³-hybridized carbons (Fsp3) is 0.619. The Bertz CT molecular complexity index is 813. The standard InChI is InChI=1S/C19H27ClN2O3.C2HF3O2/c1-21-11-14(12-24-2)19(13-21)6-8-22(9-7-19)18(23)16-10-15(25-3)4-5-17(16)20;3-2(4,5)1(6)7/h4-5,10,14H,6-9,11-13H2,1-3H3;(H,6,7). The highest BCUT2D eigenvalue weighted by Crippen LogP contribution is 2.44. The second-order valence-electron chi connectivity index (χ2n) is 8.15. The molecule has 2 aliphatic heterocycles. The number of aliphatic carboxylic acids is 1. The average molecular weight is 481 g/mol. The smallest absolute Gasteiger partial charge is 0.490 e. The molecule has 180 valence electrons. The number of piperidine rings is 1. The molecule has 0 aromatic heterocycles. The van der Waals surface area contributed by atoms with Gasteiger partial charge in [-0.25, -0.2) is 4.79 Å². The Morgan fingerprint density at radius 2 is 1.84 bits per heavy atom. The molecule has 1 aromatic rings. The zero-order valence-electron chi connectivity index (χ0n) is 18.2. The molecule has 2 saturated heterocycles. The Kier molecular flexibility index (Phi) is 8.78. The summed E-state index contributed by atoms with van der Waals surface area (Å²) in [6.45, 7) is 4.48. The summed E-state index contributed by atoms with van der Waals surface area (Å²) >= 11 is 6.25. The van der Waals surface area contributed by atoms with Crippen LogP contribution in [0, 0.1) is 11.3 Å². The maximum atomic E-state index is 12.9. The van der Waals surface area contributed by atoms with Gasteiger partial charge in [0.2, 0.25) is 0 Å². The number of carbonyl (C=O) groups excluding carboxylic acids is 1. The van der Waals surface area contributed by atoms with Crippen LogP contribution in [0.15, 0.2) is 18.2 Å². The predicted molar refractivity (Wildman–Crippen MR) is 112 cm³/mol. The second-order valence-corrected chi connectivity index (χ2v) is 8.56. The summed E-state index contributed by atoms with van der Waals surface area (Å²) in [4.78, 5) is 26.1. The molecule has 0 saturated carbocycles. The van der Waals surface area contributed by atoms with E-state index in [2.05, 4.69) is 11.9 Å². The van der Waals surface area contributed by atoms with Gasteiger partial charge in [0.25, 0.3) is 5.91 Å². The van der Waals surface area contributed by atoms with Gasteiger partial charge >= 0.3 is 12.1 Å². The summed E-state index contributed by atoms with van der Waals surface area (Å²) in [5.74, 6) is -1.57. The lowest BCUT2D eigenvalue weighted by atomic mass is 9.71. The molecule has 1 spiro atoms. The Labute approximate surface area is 190 Å². The highest BCUT2D eigenvalue weighted by atomic mass is 35.5. The number of alkyl halides is 3. The quantitative estimate of drug-likeness (QED) is 0.711. The molecule has 3 rings (SSSR count). The maximum absolute atomic E-state index is 12.9. The molecule has 1 aromatic carbocycles. The third-order valence-electron chi connectivity index (χ3n) is 6.04. The number of hydrogen-bond donors (Lipinski definition) is 1. The molecule has 1 atom stereocenters. The molecule has 0 radical (unpaired) electrons. The van der Waals surface area contributed by atoms with Gasteiger partial charge in [-0.1, -0.05) is 11.6 Å². The summed E-state index contributed by atoms with van der Waals surface area (Å²) in [5.41, 5.74) is 0.786. The van der Waals surface area contributed by atoms with Crippen LogP contribution in [-0.2, 0) is 9.53 Å². The van der Waals surface area contributed by atoms with Crippen LogP contribution in [0.3, 0.4) is 0 Å². The molecular formula is C21H28ClF3N2O5. The Morgan fingerprint density at radius 3 is 2.34 bits per heavy atom. The van der Waals surface area contributed by atoms with Gasteiger partial charge < -0.3 is 24.4 Å². The first-order valence-electron chi connectivity index (χ1n) is 10.0. The number of rotatable bonds is 4. The third kappa shape index (κ3) is 6.26. The number of halogens is 4. The van der Waals surface area contributed by atoms with Crippen LogP contribution < -0.4 is 4.74 Å². The van der Waals surface area contributed by atoms with Crippen molar-refractivity contribution in [2.24, 2.45) is 11.3 Å². The molecule has 1 amide bonds. The van der Waals surface area contributed by atoms with E-state index in [0.29, 0.717) is 22.3 Å². The largest absolute Gasteiger partial charge is 0.497 e. The molecule has 11 heteroatoms. The monoisotopic (exact) mass is 480 g/mol. The highest BCUT2D eigenvalue weighted by Gasteiger charge is 2.47. The molecule has 1 N–H and O–H groups in total. The lowest BCUT2D eigenvalue weighted by molar-refractivity contribution is -0.192. The lowest BCUT2D eigenvalue weighted by Gasteiger charge is -2.42. The van der Waals surface area contributed by atoms with Crippen LogP contribution >= 0.6 is 11.6 Å². The number of likely N-dealkylation sites (tertiary alicyclic amines) is 2. The zero-order valence-corrected chi connectivity index (χ0v) is 19.0. The summed E-state index contributed by atoms with van der Waals surface area (Å²) in [6.07, 6.45) is -3.06. The fourth-order valence-corrected chi connectivity index (χ4v) is 4.62. The van der Waals surface area contributed by atoms with Crippen molar-refractivity contribution in [1.29, 1.82) is 0 Å². The van der Waals surface area contributed by atoms with Gasteiger partial charge in [0, 0.05) is 39.2 Å². The van der Waals surface area contributed by atoms with E-state index < -0.39 is 12.1 Å². The van der Waals surface area contributed by atoms with E-state index in [4.69, 9.17) is 31.0 Å². The van der Waals surface area contributed by atoms with Crippen LogP contribution in [-0.4, -0.2) is 87.0 Å². The van der Waals surface area contributed by atoms with E-state index in [9.17, 15) is 18.0 Å². The van der Waals surface area contributed by atoms with E-state index in [-0.39, 0.29) is 11.3 Å². The summed E-state index contributed by atoms with van der Waals surface area (Å²) in [7, 11) is 5.54. The number of carbonyl (C=O) groups is 2. The minimum absolute atomic E-state index is 0.00612. The van der Waals surface area contributed by atoms with E-state index in [1.807, 2.05) is 4.90 Å². The fourth-order valence-electron chi connectivity index (χ4n) is 4.42. The molecule has 7 nitrogen and oxygen atoms in total. The van der Waals surface area contributed by atoms with Crippen LogP contribution in [0.2, 0.25) is 5.02 Å². The Morgan fingerprint density at radius 1 is 1.25 bits per heavy atom. The van der Waals surface area contributed by atoms with Crippen LogP contribution in [0.1, 0.15) is 23.2 Å². The van der Waals surface area contributed by atoms with E-state index in [1.165, 1.54) is 0 Å². The first-order chi connectivity index (χ1) is 14.9. The molecule has 0 bridgehead atoms. The van der Waals surface area contributed by atoms with Gasteiger partial charge in [-0.2, -0.15) is 13.2 Å². The average Bonchev–Trinajstić information content (AvgIpc) is 3.03. The first-order valence-corrected chi connectivity index (χ1v) is 10.4. The summed E-state index contributed by atoms with van der Waals surface area (Å²) < 4.78 is 42.4. The first kappa shape index (κ1) is 26.2. The van der Waals surface area contributed by atoms with Gasteiger partial charge in [-0.05, 0) is 43.5 Å². The van der Waals surface area contributed by atoms with Gasteiger partial charge in [0.05, 0.1) is 24.3 Å². The van der Waals surface area contributed by atoms with Crippen molar-refractivity contribution in [2.75, 3.05) is 54.1 Å². The molecule has 2 fully saturated rings. The highest BCUT2D eigenvalue weighted by molar-refractivity contribution is 6.33. The topological polar surface area (TPSA) is 79.3 Å². The number of ether oxygens (including phenoxy) is 2. The van der Waals surface area contributed by atoms with Gasteiger partial charge in [0.1, 0.15) is 5.75 Å². The van der Waals surface area contributed by atoms with Crippen LogP contribution in [0.25, 0.3) is 0 Å². The SMILES string of the molecule is COCC1CN(C)CC12CCN(C(=O)c1cc(OC)ccc1Cl)CC2.O=C(O)C(F)(F)F. The zero-order chi connectivity index (χ0) is 24.1. The number of hydrogen-bond acceptors (Lipinski definition) is 5. The maximum Gasteiger partial charge on any atom is 0.490 e. The van der Waals surface area contributed by atoms with Gasteiger partial charge in [-0.3, -0.25) is 4.79 Å². The summed E-state index contributed by atoms with van der Waals surface area (Å²) in [6, 6.07) is 5.22. The van der Waals surface area contributed by atoms with Gasteiger partial charge in [-0.15, -0.1) is 0 Å². The van der Waals surface area contributed by atoms with Crippen molar-refractivity contribution in [3.8, 4) is 5.75 Å². The van der Waals surface area contributed by atoms with Crippen molar-refractivity contribution in [2.45, 2.75) is 19.0 Å². The number of benzene rings is 1. The molecule has 2 aliphatic rings. The minimum Gasteiger partial charge on any atom is -0.497 e. The lowest BCUT2D eigenvalue weighted by Crippen LogP contribution is -2.47. The second kappa shape index (κ2) is 10.7. The third-order valence-corrected chi connectivity index (χ3v) is 6.37. The Hall–Kier alpha value is -2.04. The van der Waals surface area contributed by atoms with Crippen molar-refractivity contribution in [3.05, 3.63) is 28.8 Å². The van der Waals surface area contributed by atoms with E-state index in [0.717, 1.165) is 45.6 Å². The molecule has 1 unspecified atom stereocenters. The minimum atomic E-state index is -5.08. The molecule has 0 aliphatic carbocycles. The van der Waals surface area contributed by atoms with E-state index >= 15 is 0 Å². The Balaban J connectivity index is 0.000000451. The molecular weight excluding hydrogens is 453 g/mol. The van der Waals surface area contributed by atoms with Crippen molar-refractivity contribution in [1.82, 2.24) is 9.80 Å². The van der Waals surface area contributed by atoms with Crippen molar-refractivity contribution < 1.29 is 37.3 Å². The van der Waals surface area contributed by atoms with Gasteiger partial charge in [0.15, 0.2) is 0 Å². The number of carboxylic acid groups (broad SMARTS) is 1. The molecule has 2 heterocycles. The molecule has 32 heavy (non-hydrogen) atoms. The van der Waals surface area contributed by atoms with Crippen LogP contribution in [0.5, 0.6) is 5.75 Å². The number of amides is 1.